The Balaban J connectivity index is 1.97. The van der Waals surface area contributed by atoms with Crippen LogP contribution in [0, 0.1) is 5.92 Å². The van der Waals surface area contributed by atoms with Crippen LogP contribution in [0.3, 0.4) is 0 Å². The molecule has 2 N–H and O–H groups in total. The third-order valence-corrected chi connectivity index (χ3v) is 3.71. The molecule has 1 saturated heterocycles. The number of hydrogen-bond acceptors (Lipinski definition) is 3. The topological polar surface area (TPSA) is 38.5 Å². The van der Waals surface area contributed by atoms with Crippen LogP contribution >= 0.6 is 0 Å². The molecule has 2 atom stereocenters. The maximum atomic E-state index is 5.17. The average molecular weight is 234 g/mol. The van der Waals surface area contributed by atoms with Crippen LogP contribution in [-0.2, 0) is 4.84 Å². The Morgan fingerprint density at radius 1 is 1.41 bits per heavy atom. The first-order valence-corrected chi connectivity index (χ1v) is 6.42. The first kappa shape index (κ1) is 12.6. The summed E-state index contributed by atoms with van der Waals surface area (Å²) in [5.74, 6) is 5.76. The van der Waals surface area contributed by atoms with Gasteiger partial charge < -0.3 is 4.84 Å². The fraction of sp³-hybridized carbons (Fsp3) is 0.571. The van der Waals surface area contributed by atoms with Gasteiger partial charge in [0.05, 0.1) is 6.61 Å². The molecule has 0 radical (unpaired) electrons. The highest BCUT2D eigenvalue weighted by Gasteiger charge is 2.24. The van der Waals surface area contributed by atoms with Gasteiger partial charge >= 0.3 is 0 Å². The van der Waals surface area contributed by atoms with E-state index in [1.165, 1.54) is 24.9 Å². The molecule has 1 aliphatic heterocycles. The molecule has 17 heavy (non-hydrogen) atoms. The van der Waals surface area contributed by atoms with E-state index < -0.39 is 0 Å². The van der Waals surface area contributed by atoms with Crippen molar-refractivity contribution < 1.29 is 4.84 Å². The second-order valence-corrected chi connectivity index (χ2v) is 4.92. The Labute approximate surface area is 104 Å². The summed E-state index contributed by atoms with van der Waals surface area (Å²) in [6.07, 6.45) is 2.47. The van der Waals surface area contributed by atoms with Crippen molar-refractivity contribution in [1.29, 1.82) is 0 Å². The van der Waals surface area contributed by atoms with Gasteiger partial charge in [-0.15, -0.1) is 0 Å². The summed E-state index contributed by atoms with van der Waals surface area (Å²) < 4.78 is 0. The van der Waals surface area contributed by atoms with Crippen molar-refractivity contribution in [3.8, 4) is 0 Å². The Morgan fingerprint density at radius 2 is 2.18 bits per heavy atom. The lowest BCUT2D eigenvalue weighted by Crippen LogP contribution is -2.39. The molecule has 1 aromatic rings. The van der Waals surface area contributed by atoms with Crippen LogP contribution in [0.15, 0.2) is 30.3 Å². The second kappa shape index (κ2) is 6.15. The van der Waals surface area contributed by atoms with Crippen molar-refractivity contribution in [3.05, 3.63) is 35.9 Å². The minimum absolute atomic E-state index is 0.483. The van der Waals surface area contributed by atoms with Gasteiger partial charge in [-0.3, -0.25) is 4.90 Å². The number of rotatable bonds is 4. The summed E-state index contributed by atoms with van der Waals surface area (Å²) in [5, 5.41) is 0. The van der Waals surface area contributed by atoms with Crippen LogP contribution in [-0.4, -0.2) is 24.6 Å². The first-order chi connectivity index (χ1) is 8.31. The van der Waals surface area contributed by atoms with Gasteiger partial charge in [0.1, 0.15) is 0 Å². The summed E-state index contributed by atoms with van der Waals surface area (Å²) in [7, 11) is 0. The van der Waals surface area contributed by atoms with Crippen molar-refractivity contribution in [2.75, 3.05) is 19.7 Å². The van der Waals surface area contributed by atoms with E-state index in [1.807, 2.05) is 0 Å². The molecule has 0 amide bonds. The zero-order valence-corrected chi connectivity index (χ0v) is 10.5. The van der Waals surface area contributed by atoms with Crippen LogP contribution in [0.5, 0.6) is 0 Å². The fourth-order valence-corrected chi connectivity index (χ4v) is 2.66. The van der Waals surface area contributed by atoms with Crippen molar-refractivity contribution in [3.63, 3.8) is 0 Å². The van der Waals surface area contributed by atoms with Gasteiger partial charge in [0.2, 0.25) is 0 Å². The van der Waals surface area contributed by atoms with E-state index in [1.54, 1.807) is 0 Å². The van der Waals surface area contributed by atoms with Gasteiger partial charge in [0.25, 0.3) is 0 Å². The molecular formula is C14H22N2O. The van der Waals surface area contributed by atoms with Crippen LogP contribution in [0.2, 0.25) is 0 Å². The predicted octanol–water partition coefficient (Wildman–Crippen LogP) is 2.35. The number of hydrogen-bond donors (Lipinski definition) is 1. The Kier molecular flexibility index (Phi) is 4.54. The van der Waals surface area contributed by atoms with Gasteiger partial charge in [-0.1, -0.05) is 30.3 Å². The highest BCUT2D eigenvalue weighted by atomic mass is 16.6. The van der Waals surface area contributed by atoms with Gasteiger partial charge in [-0.2, -0.15) is 0 Å². The van der Waals surface area contributed by atoms with Crippen molar-refractivity contribution >= 4 is 0 Å². The van der Waals surface area contributed by atoms with Gasteiger partial charge in [0, 0.05) is 12.6 Å². The molecule has 2 unspecified atom stereocenters. The zero-order valence-electron chi connectivity index (χ0n) is 10.5. The lowest BCUT2D eigenvalue weighted by molar-refractivity contribution is 0.0484. The van der Waals surface area contributed by atoms with Crippen molar-refractivity contribution in [2.45, 2.75) is 25.8 Å². The van der Waals surface area contributed by atoms with Gasteiger partial charge in [-0.25, -0.2) is 5.90 Å². The molecule has 94 valence electrons. The molecule has 0 aliphatic carbocycles. The molecular weight excluding hydrogens is 212 g/mol. The van der Waals surface area contributed by atoms with Crippen LogP contribution in [0.25, 0.3) is 0 Å². The largest absolute Gasteiger partial charge is 0.304 e. The smallest absolute Gasteiger partial charge is 0.0719 e. The van der Waals surface area contributed by atoms with Gasteiger partial charge in [-0.05, 0) is 37.8 Å². The summed E-state index contributed by atoms with van der Waals surface area (Å²) >= 11 is 0. The Morgan fingerprint density at radius 3 is 2.88 bits per heavy atom. The van der Waals surface area contributed by atoms with Crippen molar-refractivity contribution in [1.82, 2.24) is 4.90 Å². The summed E-state index contributed by atoms with van der Waals surface area (Å²) in [6.45, 7) is 5.23. The van der Waals surface area contributed by atoms with Crippen LogP contribution in [0.1, 0.15) is 31.4 Å². The lowest BCUT2D eigenvalue weighted by Gasteiger charge is -2.36. The molecule has 1 aliphatic rings. The third-order valence-electron chi connectivity index (χ3n) is 3.71. The lowest BCUT2D eigenvalue weighted by atomic mass is 9.96. The van der Waals surface area contributed by atoms with E-state index in [0.717, 1.165) is 6.54 Å². The minimum atomic E-state index is 0.483. The Hall–Kier alpha value is -0.900. The minimum Gasteiger partial charge on any atom is -0.304 e. The number of nitrogens with zero attached hydrogens (tertiary/aromatic N) is 1. The van der Waals surface area contributed by atoms with E-state index in [0.29, 0.717) is 18.6 Å². The highest BCUT2D eigenvalue weighted by molar-refractivity contribution is 5.18. The molecule has 0 spiro atoms. The van der Waals surface area contributed by atoms with E-state index >= 15 is 0 Å². The summed E-state index contributed by atoms with van der Waals surface area (Å²) in [5.41, 5.74) is 1.39. The van der Waals surface area contributed by atoms with E-state index in [2.05, 4.69) is 42.2 Å². The highest BCUT2D eigenvalue weighted by Crippen LogP contribution is 2.26. The molecule has 0 bridgehead atoms. The van der Waals surface area contributed by atoms with E-state index in [-0.39, 0.29) is 0 Å². The summed E-state index contributed by atoms with van der Waals surface area (Å²) in [6, 6.07) is 11.2. The van der Waals surface area contributed by atoms with E-state index in [4.69, 9.17) is 10.7 Å². The molecule has 1 heterocycles. The number of nitrogens with two attached hydrogens (primary N) is 1. The fourth-order valence-electron chi connectivity index (χ4n) is 2.66. The number of likely N-dealkylation sites (tertiary alicyclic amines) is 1. The summed E-state index contributed by atoms with van der Waals surface area (Å²) in [4.78, 5) is 7.32. The normalized spacial score (nSPS) is 23.5. The molecule has 0 saturated carbocycles. The Bertz CT molecular complexity index is 326. The quantitative estimate of drug-likeness (QED) is 0.813. The molecule has 1 aromatic carbocycles. The van der Waals surface area contributed by atoms with Gasteiger partial charge in [0.15, 0.2) is 0 Å². The maximum Gasteiger partial charge on any atom is 0.0719 e. The van der Waals surface area contributed by atoms with Crippen molar-refractivity contribution in [2.24, 2.45) is 11.8 Å². The second-order valence-electron chi connectivity index (χ2n) is 4.92. The van der Waals surface area contributed by atoms with Crippen LogP contribution in [0.4, 0.5) is 0 Å². The first-order valence-electron chi connectivity index (χ1n) is 6.42. The zero-order chi connectivity index (χ0) is 12.1. The third kappa shape index (κ3) is 3.28. The molecule has 1 fully saturated rings. The standard InChI is InChI=1S/C14H22N2O/c1-12(14-7-3-2-4-8-14)16-9-5-6-13(10-16)11-17-15/h2-4,7-8,12-13H,5-6,9-11,15H2,1H3. The molecule has 3 nitrogen and oxygen atoms in total. The van der Waals surface area contributed by atoms with Crippen LogP contribution < -0.4 is 5.90 Å². The molecule has 2 rings (SSSR count). The predicted molar refractivity (Wildman–Crippen MR) is 69.3 cm³/mol. The number of benzene rings is 1. The van der Waals surface area contributed by atoms with E-state index in [9.17, 15) is 0 Å². The maximum absolute atomic E-state index is 5.17. The monoisotopic (exact) mass is 234 g/mol. The average Bonchev–Trinajstić information content (AvgIpc) is 2.40. The molecule has 0 aromatic heterocycles. The molecule has 3 heteroatoms. The number of piperidine rings is 1. The SMILES string of the molecule is CC(c1ccccc1)N1CCCC(CON)C1.